The number of pyridine rings is 1. The Kier molecular flexibility index (Phi) is 5.53. The second kappa shape index (κ2) is 8.20. The first-order chi connectivity index (χ1) is 12.7. The van der Waals surface area contributed by atoms with Gasteiger partial charge in [-0.15, -0.1) is 0 Å². The summed E-state index contributed by atoms with van der Waals surface area (Å²) in [5, 5.41) is 6.11. The molecule has 6 heteroatoms. The molecule has 0 atom stereocenters. The van der Waals surface area contributed by atoms with Crippen LogP contribution < -0.4 is 10.6 Å². The van der Waals surface area contributed by atoms with E-state index in [1.165, 1.54) is 5.56 Å². The third-order valence-electron chi connectivity index (χ3n) is 4.07. The predicted octanol–water partition coefficient (Wildman–Crippen LogP) is 3.42. The minimum atomic E-state index is -0.243. The fraction of sp³-hybridized carbons (Fsp3) is 0.200. The fourth-order valence-electron chi connectivity index (χ4n) is 2.63. The number of carbonyl (C=O) groups is 1. The van der Waals surface area contributed by atoms with Crippen LogP contribution in [-0.2, 0) is 13.0 Å². The highest BCUT2D eigenvalue weighted by Crippen LogP contribution is 2.23. The average molecular weight is 347 g/mol. The van der Waals surface area contributed by atoms with Crippen molar-refractivity contribution in [1.29, 1.82) is 0 Å². The summed E-state index contributed by atoms with van der Waals surface area (Å²) >= 11 is 0. The van der Waals surface area contributed by atoms with E-state index < -0.39 is 0 Å². The summed E-state index contributed by atoms with van der Waals surface area (Å²) in [7, 11) is 0. The molecule has 2 aromatic heterocycles. The van der Waals surface area contributed by atoms with Gasteiger partial charge in [0.05, 0.1) is 0 Å². The monoisotopic (exact) mass is 347 g/mol. The Morgan fingerprint density at radius 3 is 2.65 bits per heavy atom. The van der Waals surface area contributed by atoms with Crippen molar-refractivity contribution in [3.8, 4) is 0 Å². The molecule has 0 bridgehead atoms. The molecule has 0 unspecified atom stereocenters. The number of amides is 1. The van der Waals surface area contributed by atoms with Gasteiger partial charge in [0, 0.05) is 30.8 Å². The van der Waals surface area contributed by atoms with Crippen LogP contribution in [0.1, 0.15) is 34.1 Å². The van der Waals surface area contributed by atoms with Gasteiger partial charge in [-0.25, -0.2) is 9.97 Å². The fourth-order valence-corrected chi connectivity index (χ4v) is 2.63. The second-order valence-electron chi connectivity index (χ2n) is 5.89. The topological polar surface area (TPSA) is 79.8 Å². The average Bonchev–Trinajstić information content (AvgIpc) is 2.68. The van der Waals surface area contributed by atoms with E-state index in [0.717, 1.165) is 23.2 Å². The van der Waals surface area contributed by atoms with Gasteiger partial charge in [0.2, 0.25) is 5.95 Å². The van der Waals surface area contributed by atoms with E-state index in [0.29, 0.717) is 18.2 Å². The van der Waals surface area contributed by atoms with Gasteiger partial charge in [-0.1, -0.05) is 25.1 Å². The molecule has 0 aliphatic rings. The first-order valence-electron chi connectivity index (χ1n) is 8.53. The molecule has 0 spiro atoms. The van der Waals surface area contributed by atoms with Crippen molar-refractivity contribution in [2.75, 3.05) is 5.32 Å². The smallest absolute Gasteiger partial charge is 0.270 e. The normalized spacial score (nSPS) is 10.4. The first kappa shape index (κ1) is 17.5. The van der Waals surface area contributed by atoms with Crippen LogP contribution in [0.25, 0.3) is 0 Å². The molecule has 0 saturated heterocycles. The van der Waals surface area contributed by atoms with E-state index in [4.69, 9.17) is 0 Å². The number of hydrogen-bond acceptors (Lipinski definition) is 5. The minimum absolute atomic E-state index is 0.243. The van der Waals surface area contributed by atoms with Crippen LogP contribution in [-0.4, -0.2) is 20.9 Å². The van der Waals surface area contributed by atoms with E-state index in [-0.39, 0.29) is 5.91 Å². The third kappa shape index (κ3) is 4.22. The molecule has 0 radical (unpaired) electrons. The van der Waals surface area contributed by atoms with Gasteiger partial charge in [0.15, 0.2) is 0 Å². The zero-order chi connectivity index (χ0) is 18.4. The number of nitrogens with zero attached hydrogens (tertiary/aromatic N) is 3. The molecule has 3 rings (SSSR count). The summed E-state index contributed by atoms with van der Waals surface area (Å²) in [5.74, 6) is 0.165. The maximum Gasteiger partial charge on any atom is 0.270 e. The lowest BCUT2D eigenvalue weighted by Crippen LogP contribution is -2.24. The molecule has 3 aromatic rings. The zero-order valence-electron chi connectivity index (χ0n) is 14.9. The Balaban J connectivity index is 1.73. The van der Waals surface area contributed by atoms with Crippen LogP contribution >= 0.6 is 0 Å². The molecule has 2 heterocycles. The Labute approximate surface area is 152 Å². The zero-order valence-corrected chi connectivity index (χ0v) is 14.9. The molecule has 0 aliphatic carbocycles. The highest BCUT2D eigenvalue weighted by Gasteiger charge is 2.11. The molecule has 132 valence electrons. The van der Waals surface area contributed by atoms with Crippen molar-refractivity contribution < 1.29 is 4.79 Å². The quantitative estimate of drug-likeness (QED) is 0.714. The number of anilines is 2. The van der Waals surface area contributed by atoms with Crippen molar-refractivity contribution >= 4 is 17.5 Å². The van der Waals surface area contributed by atoms with E-state index in [2.05, 4.69) is 38.6 Å². The highest BCUT2D eigenvalue weighted by atomic mass is 16.1. The maximum atomic E-state index is 12.4. The predicted molar refractivity (Wildman–Crippen MR) is 101 cm³/mol. The summed E-state index contributed by atoms with van der Waals surface area (Å²) in [6.45, 7) is 4.56. The lowest BCUT2D eigenvalue weighted by molar-refractivity contribution is 0.0946. The molecule has 2 N–H and O–H groups in total. The number of hydrogen-bond donors (Lipinski definition) is 2. The number of rotatable bonds is 6. The number of aromatic nitrogens is 3. The van der Waals surface area contributed by atoms with Crippen LogP contribution in [0.3, 0.4) is 0 Å². The highest BCUT2D eigenvalue weighted by molar-refractivity contribution is 5.92. The Bertz CT molecular complexity index is 896. The lowest BCUT2D eigenvalue weighted by atomic mass is 10.1. The molecule has 0 aliphatic heterocycles. The van der Waals surface area contributed by atoms with Crippen molar-refractivity contribution in [1.82, 2.24) is 20.3 Å². The molecule has 1 amide bonds. The van der Waals surface area contributed by atoms with Gasteiger partial charge in [-0.05, 0) is 48.2 Å². The number of benzene rings is 1. The third-order valence-corrected chi connectivity index (χ3v) is 4.07. The summed E-state index contributed by atoms with van der Waals surface area (Å²) in [6, 6.07) is 11.5. The van der Waals surface area contributed by atoms with Gasteiger partial charge in [0.1, 0.15) is 5.69 Å². The van der Waals surface area contributed by atoms with Gasteiger partial charge in [-0.2, -0.15) is 0 Å². The number of aryl methyl sites for hydroxylation is 2. The van der Waals surface area contributed by atoms with Crippen molar-refractivity contribution in [3.05, 3.63) is 77.4 Å². The van der Waals surface area contributed by atoms with Gasteiger partial charge >= 0.3 is 0 Å². The molecular formula is C20H21N5O. The van der Waals surface area contributed by atoms with E-state index in [9.17, 15) is 4.79 Å². The molecule has 0 saturated carbocycles. The van der Waals surface area contributed by atoms with E-state index >= 15 is 0 Å². The standard InChI is InChI=1S/C20H21N5O/c1-3-16-6-4-5-14(2)18(16)25-20-22-12-9-17(24-20)19(26)23-13-15-7-10-21-11-8-15/h4-12H,3,13H2,1-2H3,(H,23,26)(H,22,24,25). The molecule has 0 fully saturated rings. The van der Waals surface area contributed by atoms with Crippen LogP contribution in [0.2, 0.25) is 0 Å². The molecule has 6 nitrogen and oxygen atoms in total. The largest absolute Gasteiger partial charge is 0.347 e. The Morgan fingerprint density at radius 1 is 1.08 bits per heavy atom. The molecule has 26 heavy (non-hydrogen) atoms. The summed E-state index contributed by atoms with van der Waals surface area (Å²) in [4.78, 5) is 24.9. The number of nitrogens with one attached hydrogen (secondary N) is 2. The van der Waals surface area contributed by atoms with Gasteiger partial charge < -0.3 is 10.6 Å². The van der Waals surface area contributed by atoms with E-state index in [1.807, 2.05) is 31.2 Å². The van der Waals surface area contributed by atoms with E-state index in [1.54, 1.807) is 24.7 Å². The first-order valence-corrected chi connectivity index (χ1v) is 8.53. The lowest BCUT2D eigenvalue weighted by Gasteiger charge is -2.13. The van der Waals surface area contributed by atoms with Crippen LogP contribution in [0.5, 0.6) is 0 Å². The van der Waals surface area contributed by atoms with Crippen LogP contribution in [0.15, 0.2) is 55.0 Å². The van der Waals surface area contributed by atoms with Crippen molar-refractivity contribution in [3.63, 3.8) is 0 Å². The minimum Gasteiger partial charge on any atom is -0.347 e. The van der Waals surface area contributed by atoms with Crippen LogP contribution in [0.4, 0.5) is 11.6 Å². The molecule has 1 aromatic carbocycles. The Morgan fingerprint density at radius 2 is 1.88 bits per heavy atom. The van der Waals surface area contributed by atoms with Crippen LogP contribution in [0, 0.1) is 6.92 Å². The van der Waals surface area contributed by atoms with Crippen molar-refractivity contribution in [2.24, 2.45) is 0 Å². The number of para-hydroxylation sites is 1. The van der Waals surface area contributed by atoms with Crippen molar-refractivity contribution in [2.45, 2.75) is 26.8 Å². The maximum absolute atomic E-state index is 12.4. The van der Waals surface area contributed by atoms with Gasteiger partial charge in [-0.3, -0.25) is 9.78 Å². The summed E-state index contributed by atoms with van der Waals surface area (Å²) in [5.41, 5.74) is 4.59. The molecular weight excluding hydrogens is 326 g/mol. The number of carbonyl (C=O) groups excluding carboxylic acids is 1. The van der Waals surface area contributed by atoms with Gasteiger partial charge in [0.25, 0.3) is 5.91 Å². The SMILES string of the molecule is CCc1cccc(C)c1Nc1nccc(C(=O)NCc2ccncc2)n1. The Hall–Kier alpha value is -3.28. The second-order valence-corrected chi connectivity index (χ2v) is 5.89. The summed E-state index contributed by atoms with van der Waals surface area (Å²) < 4.78 is 0. The summed E-state index contributed by atoms with van der Waals surface area (Å²) in [6.07, 6.45) is 5.88.